The van der Waals surface area contributed by atoms with Crippen LogP contribution >= 0.6 is 47.0 Å². The van der Waals surface area contributed by atoms with Gasteiger partial charge in [0, 0.05) is 26.2 Å². The predicted molar refractivity (Wildman–Crippen MR) is 135 cm³/mol. The highest BCUT2D eigenvalue weighted by Crippen LogP contribution is 2.35. The first-order chi connectivity index (χ1) is 14.8. The monoisotopic (exact) mass is 496 g/mol. The molecule has 1 saturated heterocycles. The summed E-state index contributed by atoms with van der Waals surface area (Å²) >= 11 is 24.6. The lowest BCUT2D eigenvalue weighted by Gasteiger charge is -2.44. The Hall–Kier alpha value is -1.99. The van der Waals surface area contributed by atoms with Crippen molar-refractivity contribution in [1.29, 1.82) is 0 Å². The minimum absolute atomic E-state index is 0.379. The average Bonchev–Trinajstić information content (AvgIpc) is 2.76. The van der Waals surface area contributed by atoms with Gasteiger partial charge in [0.25, 0.3) is 0 Å². The quantitative estimate of drug-likeness (QED) is 0.332. The Morgan fingerprint density at radius 1 is 1.10 bits per heavy atom. The number of para-hydroxylation sites is 2. The number of nitrogens with one attached hydrogen (secondary N) is 2. The summed E-state index contributed by atoms with van der Waals surface area (Å²) in [6.07, 6.45) is 2.97. The number of carbonyl (C=O) groups excluding carboxylic acids is 1. The molecule has 0 radical (unpaired) electrons. The Kier molecular flexibility index (Phi) is 8.06. The number of benzene rings is 2. The highest BCUT2D eigenvalue weighted by molar-refractivity contribution is 7.80. The molecule has 1 aliphatic heterocycles. The molecule has 1 amide bonds. The number of thiocarbonyl (C=S) groups is 1. The zero-order valence-corrected chi connectivity index (χ0v) is 20.0. The van der Waals surface area contributed by atoms with E-state index in [0.29, 0.717) is 11.7 Å². The van der Waals surface area contributed by atoms with Crippen LogP contribution in [-0.2, 0) is 4.79 Å². The van der Waals surface area contributed by atoms with Gasteiger partial charge in [-0.1, -0.05) is 77.3 Å². The van der Waals surface area contributed by atoms with Gasteiger partial charge in [0.15, 0.2) is 11.3 Å². The first-order valence-corrected chi connectivity index (χ1v) is 11.3. The fourth-order valence-corrected chi connectivity index (χ4v) is 4.29. The van der Waals surface area contributed by atoms with Gasteiger partial charge in [-0.2, -0.15) is 0 Å². The van der Waals surface area contributed by atoms with E-state index in [1.165, 1.54) is 6.08 Å². The van der Waals surface area contributed by atoms with Crippen molar-refractivity contribution in [3.05, 3.63) is 66.2 Å². The van der Waals surface area contributed by atoms with Crippen LogP contribution in [0.4, 0.5) is 11.4 Å². The van der Waals surface area contributed by atoms with E-state index >= 15 is 0 Å². The average molecular weight is 498 g/mol. The number of halogens is 3. The maximum absolute atomic E-state index is 12.6. The van der Waals surface area contributed by atoms with Gasteiger partial charge >= 0.3 is 0 Å². The lowest BCUT2D eigenvalue weighted by Crippen LogP contribution is -2.62. The normalized spacial score (nSPS) is 15.8. The molecule has 1 unspecified atom stereocenters. The largest absolute Gasteiger partial charge is 0.386 e. The molecule has 0 saturated carbocycles. The molecule has 1 atom stereocenters. The Labute approximate surface area is 202 Å². The highest BCUT2D eigenvalue weighted by Gasteiger charge is 2.42. The van der Waals surface area contributed by atoms with E-state index in [2.05, 4.69) is 10.6 Å². The molecule has 0 aromatic heterocycles. The number of amides is 1. The van der Waals surface area contributed by atoms with Crippen molar-refractivity contribution in [2.24, 2.45) is 0 Å². The third-order valence-corrected chi connectivity index (χ3v) is 5.92. The van der Waals surface area contributed by atoms with Gasteiger partial charge in [-0.15, -0.1) is 0 Å². The van der Waals surface area contributed by atoms with Gasteiger partial charge in [-0.3, -0.25) is 4.79 Å². The molecule has 2 N–H and O–H groups in total. The van der Waals surface area contributed by atoms with Gasteiger partial charge in [-0.05, 0) is 42.4 Å². The van der Waals surface area contributed by atoms with Crippen molar-refractivity contribution in [2.75, 3.05) is 30.4 Å². The summed E-state index contributed by atoms with van der Waals surface area (Å²) in [7, 11) is 1.85. The molecule has 3 rings (SSSR count). The summed E-state index contributed by atoms with van der Waals surface area (Å²) in [5, 5.41) is 6.46. The highest BCUT2D eigenvalue weighted by atomic mass is 35.6. The SMILES string of the molecule is CNc1ccccc1N1CCCN(C(NC(=O)/C=C/c2ccccc2)C(Cl)(Cl)Cl)C1=S. The number of hydrogen-bond acceptors (Lipinski definition) is 3. The fourth-order valence-electron chi connectivity index (χ4n) is 3.38. The molecule has 2 aromatic rings. The minimum Gasteiger partial charge on any atom is -0.386 e. The maximum Gasteiger partial charge on any atom is 0.245 e. The van der Waals surface area contributed by atoms with Crippen LogP contribution in [0, 0.1) is 0 Å². The van der Waals surface area contributed by atoms with Crippen LogP contribution in [0.2, 0.25) is 0 Å². The van der Waals surface area contributed by atoms with Crippen LogP contribution in [0.3, 0.4) is 0 Å². The van der Waals surface area contributed by atoms with Crippen LogP contribution in [0.5, 0.6) is 0 Å². The zero-order valence-electron chi connectivity index (χ0n) is 16.9. The Morgan fingerprint density at radius 3 is 2.45 bits per heavy atom. The lowest BCUT2D eigenvalue weighted by molar-refractivity contribution is -0.117. The van der Waals surface area contributed by atoms with Gasteiger partial charge in [0.2, 0.25) is 9.70 Å². The third kappa shape index (κ3) is 6.04. The number of rotatable bonds is 6. The van der Waals surface area contributed by atoms with Gasteiger partial charge in [-0.25, -0.2) is 0 Å². The van der Waals surface area contributed by atoms with Crippen LogP contribution in [0.25, 0.3) is 6.08 Å². The molecule has 1 aliphatic rings. The summed E-state index contributed by atoms with van der Waals surface area (Å²) < 4.78 is -1.79. The molecule has 0 bridgehead atoms. The third-order valence-electron chi connectivity index (χ3n) is 4.85. The zero-order chi connectivity index (χ0) is 22.4. The number of nitrogens with zero attached hydrogens (tertiary/aromatic N) is 2. The molecule has 5 nitrogen and oxygen atoms in total. The van der Waals surface area contributed by atoms with Gasteiger partial charge < -0.3 is 20.4 Å². The second kappa shape index (κ2) is 10.6. The van der Waals surface area contributed by atoms with Gasteiger partial charge in [0.05, 0.1) is 11.4 Å². The molecule has 31 heavy (non-hydrogen) atoms. The number of hydrogen-bond donors (Lipinski definition) is 2. The van der Waals surface area contributed by atoms with Crippen LogP contribution in [0.15, 0.2) is 60.7 Å². The van der Waals surface area contributed by atoms with E-state index in [1.807, 2.05) is 66.5 Å². The molecular formula is C22H23Cl3N4OS. The van der Waals surface area contributed by atoms with Crippen LogP contribution in [0.1, 0.15) is 12.0 Å². The number of anilines is 2. The summed E-state index contributed by atoms with van der Waals surface area (Å²) in [6.45, 7) is 1.28. The summed E-state index contributed by atoms with van der Waals surface area (Å²) in [4.78, 5) is 16.3. The van der Waals surface area contributed by atoms with E-state index in [0.717, 1.165) is 29.9 Å². The number of carbonyl (C=O) groups is 1. The number of alkyl halides is 3. The second-order valence-electron chi connectivity index (χ2n) is 6.95. The molecule has 2 aromatic carbocycles. The smallest absolute Gasteiger partial charge is 0.245 e. The van der Waals surface area contributed by atoms with Crippen molar-refractivity contribution in [3.8, 4) is 0 Å². The fraction of sp³-hybridized carbons (Fsp3) is 0.273. The van der Waals surface area contributed by atoms with Crippen molar-refractivity contribution in [3.63, 3.8) is 0 Å². The standard InChI is InChI=1S/C22H23Cl3N4OS/c1-26-17-10-5-6-11-18(17)28-14-7-15-29(21(28)31)20(22(23,24)25)27-19(30)13-12-16-8-3-2-4-9-16/h2-6,8-13,20,26H,7,14-15H2,1H3,(H,27,30)/b13-12+. The van der Waals surface area contributed by atoms with Crippen LogP contribution < -0.4 is 15.5 Å². The first-order valence-electron chi connectivity index (χ1n) is 9.76. The van der Waals surface area contributed by atoms with E-state index in [4.69, 9.17) is 47.0 Å². The Bertz CT molecular complexity index is 949. The van der Waals surface area contributed by atoms with Gasteiger partial charge in [0.1, 0.15) is 0 Å². The van der Waals surface area contributed by atoms with Crippen molar-refractivity contribution in [1.82, 2.24) is 10.2 Å². The molecule has 164 valence electrons. The van der Waals surface area contributed by atoms with Crippen LogP contribution in [-0.4, -0.2) is 46.0 Å². The molecular weight excluding hydrogens is 475 g/mol. The van der Waals surface area contributed by atoms with Crippen molar-refractivity contribution < 1.29 is 4.79 Å². The Morgan fingerprint density at radius 2 is 1.77 bits per heavy atom. The molecule has 1 heterocycles. The van der Waals surface area contributed by atoms with Crippen molar-refractivity contribution in [2.45, 2.75) is 16.4 Å². The summed E-state index contributed by atoms with van der Waals surface area (Å²) in [5.41, 5.74) is 2.76. The molecule has 0 spiro atoms. The molecule has 9 heteroatoms. The Balaban J connectivity index is 1.80. The van der Waals surface area contributed by atoms with E-state index < -0.39 is 9.96 Å². The molecule has 0 aliphatic carbocycles. The summed E-state index contributed by atoms with van der Waals surface area (Å²) in [6, 6.07) is 17.3. The first kappa shape index (κ1) is 23.7. The minimum atomic E-state index is -1.79. The van der Waals surface area contributed by atoms with E-state index in [9.17, 15) is 4.79 Å². The van der Waals surface area contributed by atoms with Crippen molar-refractivity contribution >= 4 is 75.5 Å². The lowest BCUT2D eigenvalue weighted by atomic mass is 10.2. The maximum atomic E-state index is 12.6. The van der Waals surface area contributed by atoms with E-state index in [1.54, 1.807) is 11.0 Å². The van der Waals surface area contributed by atoms with E-state index in [-0.39, 0.29) is 5.91 Å². The summed E-state index contributed by atoms with van der Waals surface area (Å²) in [5.74, 6) is -0.379. The predicted octanol–water partition coefficient (Wildman–Crippen LogP) is 5.05. The topological polar surface area (TPSA) is 47.6 Å². The second-order valence-corrected chi connectivity index (χ2v) is 9.68. The molecule has 1 fully saturated rings.